The van der Waals surface area contributed by atoms with Crippen molar-refractivity contribution in [1.29, 1.82) is 0 Å². The van der Waals surface area contributed by atoms with E-state index in [1.807, 2.05) is 20.8 Å². The van der Waals surface area contributed by atoms with Gasteiger partial charge >= 0.3 is 17.9 Å². The molecule has 0 spiro atoms. The molecule has 8 aliphatic rings. The maximum Gasteiger partial charge on any atom is 0.314 e. The van der Waals surface area contributed by atoms with Gasteiger partial charge < -0.3 is 104 Å². The predicted molar refractivity (Wildman–Crippen MR) is 290 cm³/mol. The van der Waals surface area contributed by atoms with E-state index in [2.05, 4.69) is 39.9 Å². The summed E-state index contributed by atoms with van der Waals surface area (Å²) >= 11 is 0. The average Bonchev–Trinajstić information content (AvgIpc) is 1.31. The Morgan fingerprint density at radius 1 is 0.679 bits per heavy atom. The summed E-state index contributed by atoms with van der Waals surface area (Å²) < 4.78 is 61.0. The Labute approximate surface area is 490 Å². The number of esters is 2. The summed E-state index contributed by atoms with van der Waals surface area (Å²) in [4.78, 5) is 51.4. The quantitative estimate of drug-likeness (QED) is 0.0631. The minimum Gasteiger partial charge on any atom is -0.481 e. The Bertz CT molecular complexity index is 2380. The zero-order chi connectivity index (χ0) is 61.9. The first-order chi connectivity index (χ1) is 39.3. The molecule has 0 radical (unpaired) electrons. The molecular formula is C59H95NO24. The van der Waals surface area contributed by atoms with Crippen LogP contribution in [0.5, 0.6) is 0 Å². The van der Waals surface area contributed by atoms with Gasteiger partial charge in [0.2, 0.25) is 5.91 Å². The molecule has 1 amide bonds. The van der Waals surface area contributed by atoms with Gasteiger partial charge in [-0.3, -0.25) is 19.2 Å². The van der Waals surface area contributed by atoms with Crippen molar-refractivity contribution in [2.75, 3.05) is 26.4 Å². The van der Waals surface area contributed by atoms with Crippen LogP contribution in [0.4, 0.5) is 0 Å². The number of aliphatic carboxylic acids is 1. The minimum atomic E-state index is -1.98. The van der Waals surface area contributed by atoms with Crippen molar-refractivity contribution in [3.63, 3.8) is 0 Å². The molecule has 2 saturated carbocycles. The van der Waals surface area contributed by atoms with Gasteiger partial charge in [0.15, 0.2) is 25.2 Å². The molecule has 4 aliphatic heterocycles. The first-order valence-electron chi connectivity index (χ1n) is 30.1. The normalized spacial score (nSPS) is 45.1. The molecule has 0 aromatic carbocycles. The maximum atomic E-state index is 14.2. The number of fused-ring (bicyclic) bond motifs is 4. The van der Waals surface area contributed by atoms with Gasteiger partial charge in [0.05, 0.1) is 31.3 Å². The van der Waals surface area contributed by atoms with Crippen LogP contribution in [0.25, 0.3) is 0 Å². The third-order valence-electron chi connectivity index (χ3n) is 21.3. The number of carboxylic acid groups (broad SMARTS) is 1. The predicted octanol–water partition coefficient (Wildman–Crippen LogP) is 0.845. The van der Waals surface area contributed by atoms with Gasteiger partial charge in [-0.15, -0.1) is 0 Å². The fraction of sp³-hybridized carbons (Fsp3) is 0.898. The molecule has 26 unspecified atom stereocenters. The monoisotopic (exact) mass is 1200 g/mol. The zero-order valence-electron chi connectivity index (χ0n) is 50.4. The SMILES string of the molecule is CC(=O)NC1C(OC2C(OC3CCC4(C)C5=C(CCC4C3(C)C)C3(C(=O)O)CCC(C(C)CCC(C)(OC(C)=O)C(C)C)C3(C)CC5)OC(COC(C)=O)C(O)C2OC2OCC(OC3OCC(O)C(O)C3O)C(O)C2O)OC(CO)C(O)C1O. The maximum absolute atomic E-state index is 14.2. The number of ether oxygens (including phenoxy) is 10. The van der Waals surface area contributed by atoms with Crippen LogP contribution in [0.3, 0.4) is 0 Å². The van der Waals surface area contributed by atoms with E-state index in [4.69, 9.17) is 47.4 Å². The lowest BCUT2D eigenvalue weighted by Crippen LogP contribution is -2.69. The molecular weight excluding hydrogens is 1110 g/mol. The third-order valence-corrected chi connectivity index (χ3v) is 21.3. The number of aliphatic hydroxyl groups excluding tert-OH is 9. The first-order valence-corrected chi connectivity index (χ1v) is 30.1. The van der Waals surface area contributed by atoms with Crippen LogP contribution in [-0.4, -0.2) is 224 Å². The van der Waals surface area contributed by atoms with Crippen molar-refractivity contribution < 1.29 is 118 Å². The highest BCUT2D eigenvalue weighted by atomic mass is 16.8. The van der Waals surface area contributed by atoms with E-state index in [1.54, 1.807) is 0 Å². The fourth-order valence-corrected chi connectivity index (χ4v) is 16.2. The molecule has 0 aromatic heterocycles. The van der Waals surface area contributed by atoms with Crippen LogP contribution in [0, 0.1) is 45.3 Å². The van der Waals surface area contributed by atoms with Crippen molar-refractivity contribution in [3.05, 3.63) is 11.1 Å². The van der Waals surface area contributed by atoms with E-state index in [0.717, 1.165) is 32.3 Å². The Balaban J connectivity index is 1.10. The van der Waals surface area contributed by atoms with Crippen LogP contribution in [0.2, 0.25) is 0 Å². The van der Waals surface area contributed by atoms with Crippen molar-refractivity contribution in [2.24, 2.45) is 45.3 Å². The Morgan fingerprint density at radius 3 is 1.95 bits per heavy atom. The standard InChI is InChI=1S/C59H95NO24/c1-26(2)58(11,84-30(6)64)20-14-27(3)31-16-21-59(54(73)74)33-12-13-38-55(7,8)39(17-18-56(38,9)32(33)15-19-57(31,59)10)81-53-49(83-50-40(60-28(4)62)45(70)42(67)35(22-61)78-50)48(44(69)37(80-53)24-75-29(5)63)82-52-47(72)43(68)36(25-77-52)79-51-46(71)41(66)34(65)23-76-51/h26-27,31,34-53,61,65-72H,12-25H2,1-11H3,(H,60,62)(H,73,74). The number of carbonyl (C=O) groups excluding carboxylic acids is 3. The van der Waals surface area contributed by atoms with Gasteiger partial charge in [-0.05, 0) is 111 Å². The van der Waals surface area contributed by atoms with Gasteiger partial charge in [-0.1, -0.05) is 59.6 Å². The molecule has 0 bridgehead atoms. The van der Waals surface area contributed by atoms with Crippen molar-refractivity contribution in [1.82, 2.24) is 5.32 Å². The summed E-state index contributed by atoms with van der Waals surface area (Å²) in [5.41, 5.74) is -1.31. The number of hydrogen-bond acceptors (Lipinski definition) is 23. The van der Waals surface area contributed by atoms with Crippen LogP contribution in [0.15, 0.2) is 11.1 Å². The average molecular weight is 1200 g/mol. The van der Waals surface area contributed by atoms with Crippen LogP contribution >= 0.6 is 0 Å². The summed E-state index contributed by atoms with van der Waals surface area (Å²) in [6, 6.07) is -1.53. The molecule has 8 rings (SSSR count). The Morgan fingerprint density at radius 2 is 1.32 bits per heavy atom. The number of amides is 1. The fourth-order valence-electron chi connectivity index (χ4n) is 16.2. The van der Waals surface area contributed by atoms with Crippen LogP contribution in [0.1, 0.15) is 140 Å². The van der Waals surface area contributed by atoms with Crippen molar-refractivity contribution in [2.45, 2.75) is 263 Å². The molecule has 25 nitrogen and oxygen atoms in total. The lowest BCUT2D eigenvalue weighted by molar-refractivity contribution is -0.392. The van der Waals surface area contributed by atoms with E-state index in [-0.39, 0.29) is 29.6 Å². The number of aliphatic hydroxyl groups is 9. The summed E-state index contributed by atoms with van der Waals surface area (Å²) in [7, 11) is 0. The van der Waals surface area contributed by atoms with Gasteiger partial charge in [0.1, 0.15) is 97.6 Å². The lowest BCUT2D eigenvalue weighted by Gasteiger charge is -2.62. The molecule has 4 saturated heterocycles. The van der Waals surface area contributed by atoms with Crippen molar-refractivity contribution in [3.8, 4) is 0 Å². The summed E-state index contributed by atoms with van der Waals surface area (Å²) in [6.45, 7) is 18.2. The third kappa shape index (κ3) is 12.4. The Kier molecular flexibility index (Phi) is 20.5. The van der Waals surface area contributed by atoms with E-state index in [9.17, 15) is 70.2 Å². The van der Waals surface area contributed by atoms with E-state index >= 15 is 0 Å². The number of carbonyl (C=O) groups is 4. The van der Waals surface area contributed by atoms with Crippen LogP contribution in [-0.2, 0) is 66.5 Å². The highest BCUT2D eigenvalue weighted by Gasteiger charge is 2.69. The smallest absolute Gasteiger partial charge is 0.314 e. The molecule has 25 heteroatoms. The molecule has 84 heavy (non-hydrogen) atoms. The summed E-state index contributed by atoms with van der Waals surface area (Å²) in [5, 5.41) is 113. The second-order valence-corrected chi connectivity index (χ2v) is 26.9. The molecule has 6 fully saturated rings. The summed E-state index contributed by atoms with van der Waals surface area (Å²) in [6.07, 6.45) is -23.1. The summed E-state index contributed by atoms with van der Waals surface area (Å²) in [5.74, 6) is -2.30. The molecule has 4 heterocycles. The molecule has 0 aromatic rings. The Hall–Kier alpha value is -3.06. The number of hydrogen-bond donors (Lipinski definition) is 11. The minimum absolute atomic E-state index is 0.0776. The zero-order valence-corrected chi connectivity index (χ0v) is 50.4. The molecule has 4 aliphatic carbocycles. The highest BCUT2D eigenvalue weighted by molar-refractivity contribution is 5.82. The number of carboxylic acids is 1. The van der Waals surface area contributed by atoms with Crippen molar-refractivity contribution >= 4 is 23.8 Å². The van der Waals surface area contributed by atoms with Crippen LogP contribution < -0.4 is 5.32 Å². The second-order valence-electron chi connectivity index (χ2n) is 26.9. The highest BCUT2D eigenvalue weighted by Crippen LogP contribution is 2.73. The molecule has 480 valence electrons. The number of allylic oxidation sites excluding steroid dienone is 1. The van der Waals surface area contributed by atoms with E-state index < -0.39 is 188 Å². The van der Waals surface area contributed by atoms with Gasteiger partial charge in [-0.2, -0.15) is 0 Å². The molecule has 26 atom stereocenters. The van der Waals surface area contributed by atoms with Gasteiger partial charge in [0.25, 0.3) is 0 Å². The van der Waals surface area contributed by atoms with Gasteiger partial charge in [-0.25, -0.2) is 0 Å². The number of rotatable bonds is 19. The second kappa shape index (κ2) is 25.8. The first kappa shape index (κ1) is 66.9. The van der Waals surface area contributed by atoms with E-state index in [1.165, 1.54) is 12.5 Å². The topological polar surface area (TPSA) is 375 Å². The molecule has 11 N–H and O–H groups in total. The number of nitrogens with one attached hydrogen (secondary N) is 1. The van der Waals surface area contributed by atoms with E-state index in [0.29, 0.717) is 51.4 Å². The van der Waals surface area contributed by atoms with Gasteiger partial charge in [0, 0.05) is 20.8 Å². The lowest BCUT2D eigenvalue weighted by atomic mass is 9.43. The largest absolute Gasteiger partial charge is 0.481 e.